The van der Waals surface area contributed by atoms with Gasteiger partial charge >= 0.3 is 0 Å². The number of rotatable bonds is 5. The molecule has 152 valence electrons. The minimum Gasteiger partial charge on any atom is -0.396 e. The van der Waals surface area contributed by atoms with Gasteiger partial charge in [-0.25, -0.2) is 0 Å². The second-order valence-electron chi connectivity index (χ2n) is 9.05. The van der Waals surface area contributed by atoms with Crippen molar-refractivity contribution in [2.24, 2.45) is 11.8 Å². The number of aliphatic hydroxyl groups is 1. The van der Waals surface area contributed by atoms with Crippen LogP contribution in [0.2, 0.25) is 0 Å². The van der Waals surface area contributed by atoms with Crippen molar-refractivity contribution in [1.82, 2.24) is 0 Å². The van der Waals surface area contributed by atoms with Gasteiger partial charge in [-0.2, -0.15) is 0 Å². The van der Waals surface area contributed by atoms with Gasteiger partial charge in [-0.1, -0.05) is 55.0 Å². The Bertz CT molecular complexity index is 953. The van der Waals surface area contributed by atoms with Crippen LogP contribution in [0.3, 0.4) is 0 Å². The monoisotopic (exact) mass is 404 g/mol. The Morgan fingerprint density at radius 2 is 1.72 bits per heavy atom. The average Bonchev–Trinajstić information content (AvgIpc) is 3.18. The van der Waals surface area contributed by atoms with E-state index in [0.717, 1.165) is 12.8 Å². The molecule has 29 heavy (non-hydrogen) atoms. The molecule has 0 aliphatic heterocycles. The number of aliphatic hydroxyl groups excluding tert-OH is 1. The summed E-state index contributed by atoms with van der Waals surface area (Å²) in [7, 11) is 0. The molecule has 3 unspecified atom stereocenters. The lowest BCUT2D eigenvalue weighted by Gasteiger charge is -2.33. The molecule has 1 N–H and O–H groups in total. The first-order valence-electron chi connectivity index (χ1n) is 10.9. The van der Waals surface area contributed by atoms with Gasteiger partial charge in [-0.15, -0.1) is 11.3 Å². The molecule has 1 fully saturated rings. The summed E-state index contributed by atoms with van der Waals surface area (Å²) in [4.78, 5) is 2.77. The van der Waals surface area contributed by atoms with Crippen molar-refractivity contribution in [1.29, 1.82) is 0 Å². The molecular weight excluding hydrogens is 372 g/mol. The largest absolute Gasteiger partial charge is 0.396 e. The van der Waals surface area contributed by atoms with E-state index in [-0.39, 0.29) is 0 Å². The van der Waals surface area contributed by atoms with Gasteiger partial charge in [0.2, 0.25) is 0 Å². The molecular formula is C27H32OS. The Labute approximate surface area is 179 Å². The highest BCUT2D eigenvalue weighted by molar-refractivity contribution is 7.15. The highest BCUT2D eigenvalue weighted by atomic mass is 32.1. The van der Waals surface area contributed by atoms with E-state index in [9.17, 15) is 5.11 Å². The summed E-state index contributed by atoms with van der Waals surface area (Å²) in [5.74, 6) is 1.74. The molecule has 3 aromatic rings. The zero-order valence-corrected chi connectivity index (χ0v) is 18.6. The fraction of sp³-hybridized carbons (Fsp3) is 0.407. The predicted molar refractivity (Wildman–Crippen MR) is 125 cm³/mol. The molecule has 1 nitrogen and oxygen atoms in total. The maximum atomic E-state index is 9.68. The Hall–Kier alpha value is -1.90. The fourth-order valence-corrected chi connectivity index (χ4v) is 5.87. The Kier molecular flexibility index (Phi) is 6.22. The van der Waals surface area contributed by atoms with Crippen molar-refractivity contribution in [2.75, 3.05) is 6.61 Å². The van der Waals surface area contributed by atoms with Crippen LogP contribution in [0.15, 0.2) is 54.6 Å². The van der Waals surface area contributed by atoms with E-state index >= 15 is 0 Å². The van der Waals surface area contributed by atoms with Crippen LogP contribution >= 0.6 is 11.3 Å². The van der Waals surface area contributed by atoms with E-state index in [4.69, 9.17) is 0 Å². The standard InChI is InChI=1S/C27H32OS/c1-18-4-7-22(8-5-18)27-11-10-26(29-27)16-24-15-23(9-6-20(24)3)25-13-19(2)12-21(14-25)17-28/h4-11,15,19,21,25,28H,12-14,16-17H2,1-3H3. The SMILES string of the molecule is Cc1ccc(-c2ccc(Cc3cc(C4CC(C)CC(CO)C4)ccc3C)s2)cc1. The first-order chi connectivity index (χ1) is 14.0. The molecule has 0 radical (unpaired) electrons. The summed E-state index contributed by atoms with van der Waals surface area (Å²) in [5.41, 5.74) is 6.90. The molecule has 2 aromatic carbocycles. The number of hydrogen-bond acceptors (Lipinski definition) is 2. The predicted octanol–water partition coefficient (Wildman–Crippen LogP) is 7.13. The zero-order chi connectivity index (χ0) is 20.4. The van der Waals surface area contributed by atoms with Crippen LogP contribution in [-0.4, -0.2) is 11.7 Å². The topological polar surface area (TPSA) is 20.2 Å². The highest BCUT2D eigenvalue weighted by Gasteiger charge is 2.27. The van der Waals surface area contributed by atoms with Gasteiger partial charge in [-0.05, 0) is 85.3 Å². The van der Waals surface area contributed by atoms with Crippen molar-refractivity contribution >= 4 is 11.3 Å². The summed E-state index contributed by atoms with van der Waals surface area (Å²) < 4.78 is 0. The first kappa shape index (κ1) is 20.4. The molecule has 0 spiro atoms. The summed E-state index contributed by atoms with van der Waals surface area (Å²) in [6, 6.07) is 20.4. The molecule has 0 saturated heterocycles. The van der Waals surface area contributed by atoms with Crippen LogP contribution in [0.4, 0.5) is 0 Å². The Balaban J connectivity index is 1.53. The van der Waals surface area contributed by atoms with Crippen LogP contribution < -0.4 is 0 Å². The van der Waals surface area contributed by atoms with Gasteiger partial charge in [0, 0.05) is 22.8 Å². The number of hydrogen-bond donors (Lipinski definition) is 1. The maximum Gasteiger partial charge on any atom is 0.0459 e. The normalized spacial score (nSPS) is 22.0. The number of thiophene rings is 1. The molecule has 1 saturated carbocycles. The van der Waals surface area contributed by atoms with Crippen molar-refractivity contribution in [2.45, 2.75) is 52.4 Å². The zero-order valence-electron chi connectivity index (χ0n) is 17.8. The third kappa shape index (κ3) is 4.82. The van der Waals surface area contributed by atoms with Crippen LogP contribution in [0.5, 0.6) is 0 Å². The molecule has 2 heteroatoms. The maximum absolute atomic E-state index is 9.68. The van der Waals surface area contributed by atoms with Crippen molar-refractivity contribution in [3.8, 4) is 10.4 Å². The lowest BCUT2D eigenvalue weighted by Crippen LogP contribution is -2.22. The third-order valence-corrected chi connectivity index (χ3v) is 7.64. The summed E-state index contributed by atoms with van der Waals surface area (Å²) in [5, 5.41) is 9.68. The second kappa shape index (κ2) is 8.85. The van der Waals surface area contributed by atoms with E-state index in [1.165, 1.54) is 50.4 Å². The fourth-order valence-electron chi connectivity index (χ4n) is 4.84. The Morgan fingerprint density at radius 3 is 2.48 bits per heavy atom. The van der Waals surface area contributed by atoms with Crippen LogP contribution in [0, 0.1) is 25.7 Å². The van der Waals surface area contributed by atoms with Crippen LogP contribution in [0.1, 0.15) is 59.2 Å². The molecule has 1 aliphatic rings. The van der Waals surface area contributed by atoms with Gasteiger partial charge in [0.25, 0.3) is 0 Å². The second-order valence-corrected chi connectivity index (χ2v) is 10.2. The van der Waals surface area contributed by atoms with Gasteiger partial charge in [0.1, 0.15) is 0 Å². The smallest absolute Gasteiger partial charge is 0.0459 e. The Morgan fingerprint density at radius 1 is 0.931 bits per heavy atom. The molecule has 1 aromatic heterocycles. The van der Waals surface area contributed by atoms with E-state index in [0.29, 0.717) is 24.4 Å². The van der Waals surface area contributed by atoms with Gasteiger partial charge < -0.3 is 5.11 Å². The summed E-state index contributed by atoms with van der Waals surface area (Å²) >= 11 is 1.91. The van der Waals surface area contributed by atoms with Crippen molar-refractivity contribution in [3.05, 3.63) is 81.7 Å². The lowest BCUT2D eigenvalue weighted by molar-refractivity contribution is 0.154. The highest BCUT2D eigenvalue weighted by Crippen LogP contribution is 2.40. The molecule has 1 heterocycles. The van der Waals surface area contributed by atoms with E-state index in [2.05, 4.69) is 75.4 Å². The van der Waals surface area contributed by atoms with Gasteiger partial charge in [0.05, 0.1) is 0 Å². The van der Waals surface area contributed by atoms with E-state index in [1.54, 1.807) is 0 Å². The van der Waals surface area contributed by atoms with E-state index in [1.807, 2.05) is 11.3 Å². The first-order valence-corrected chi connectivity index (χ1v) is 11.7. The van der Waals surface area contributed by atoms with Crippen LogP contribution in [-0.2, 0) is 6.42 Å². The van der Waals surface area contributed by atoms with Crippen molar-refractivity contribution in [3.63, 3.8) is 0 Å². The molecule has 1 aliphatic carbocycles. The van der Waals surface area contributed by atoms with Gasteiger partial charge in [0.15, 0.2) is 0 Å². The minimum absolute atomic E-state index is 0.330. The summed E-state index contributed by atoms with van der Waals surface area (Å²) in [6.07, 6.45) is 4.54. The van der Waals surface area contributed by atoms with Gasteiger partial charge in [-0.3, -0.25) is 0 Å². The summed E-state index contributed by atoms with van der Waals surface area (Å²) in [6.45, 7) is 7.03. The molecule has 0 amide bonds. The van der Waals surface area contributed by atoms with Crippen molar-refractivity contribution < 1.29 is 5.11 Å². The number of aryl methyl sites for hydroxylation is 2. The minimum atomic E-state index is 0.330. The lowest BCUT2D eigenvalue weighted by atomic mass is 9.73. The quantitative estimate of drug-likeness (QED) is 0.479. The van der Waals surface area contributed by atoms with E-state index < -0.39 is 0 Å². The molecule has 0 bridgehead atoms. The number of benzene rings is 2. The average molecular weight is 405 g/mol. The van der Waals surface area contributed by atoms with Crippen LogP contribution in [0.25, 0.3) is 10.4 Å². The molecule has 3 atom stereocenters. The third-order valence-electron chi connectivity index (χ3n) is 6.51. The molecule has 4 rings (SSSR count).